The molecule has 14 heteroatoms. The average molecular weight is 929 g/mol. The molecule has 13 nitrogen and oxygen atoms in total. The van der Waals surface area contributed by atoms with Crippen molar-refractivity contribution in [3.05, 3.63) is 173 Å². The molecule has 0 saturated carbocycles. The first kappa shape index (κ1) is 45.9. The summed E-state index contributed by atoms with van der Waals surface area (Å²) < 4.78 is 12.9. The Morgan fingerprint density at radius 2 is 1.38 bits per heavy atom. The van der Waals surface area contributed by atoms with Gasteiger partial charge in [-0.15, -0.1) is 0 Å². The SMILES string of the molecule is COc1ccc([Si](C)(C)[C@H]2[C@H](CC(=O)N3Cc4ccccc4C[C@H]3CO)O[C@@]3(C(=O)N(Cc4ccc(NC(=O)c5ccc(N)cc5)cc4)c4ccc(NC(=O)c5ccc(N)cc5)cc43)[C@@H]2C)cc1. The van der Waals surface area contributed by atoms with Gasteiger partial charge in [0.2, 0.25) is 5.91 Å². The molecule has 4 amide bonds. The maximum atomic E-state index is 15.7. The summed E-state index contributed by atoms with van der Waals surface area (Å²) in [6, 6.07) is 41.7. The second-order valence-electron chi connectivity index (χ2n) is 18.7. The van der Waals surface area contributed by atoms with Crippen molar-refractivity contribution in [3.8, 4) is 5.75 Å². The summed E-state index contributed by atoms with van der Waals surface area (Å²) in [5.74, 6) is -0.796. The molecule has 0 unspecified atom stereocenters. The van der Waals surface area contributed by atoms with E-state index in [1.165, 1.54) is 0 Å². The monoisotopic (exact) mass is 928 g/mol. The van der Waals surface area contributed by atoms with Gasteiger partial charge in [-0.3, -0.25) is 19.2 Å². The van der Waals surface area contributed by atoms with Gasteiger partial charge in [0.25, 0.3) is 17.7 Å². The van der Waals surface area contributed by atoms with Gasteiger partial charge < -0.3 is 46.5 Å². The van der Waals surface area contributed by atoms with Crippen LogP contribution in [0.2, 0.25) is 18.6 Å². The van der Waals surface area contributed by atoms with Crippen LogP contribution >= 0.6 is 0 Å². The number of anilines is 5. The molecule has 0 bridgehead atoms. The number of nitrogens with two attached hydrogens (primary N) is 2. The summed E-state index contributed by atoms with van der Waals surface area (Å²) in [7, 11) is -1.05. The molecule has 0 aliphatic carbocycles. The topological polar surface area (TPSA) is 190 Å². The lowest BCUT2D eigenvalue weighted by molar-refractivity contribution is -0.151. The predicted molar refractivity (Wildman–Crippen MR) is 267 cm³/mol. The molecule has 3 aliphatic heterocycles. The quantitative estimate of drug-likeness (QED) is 0.0613. The van der Waals surface area contributed by atoms with Gasteiger partial charge in [0.05, 0.1) is 52.6 Å². The number of benzene rings is 6. The molecule has 3 aliphatic rings. The number of nitrogen functional groups attached to an aromatic ring is 2. The van der Waals surface area contributed by atoms with E-state index in [2.05, 4.69) is 42.8 Å². The highest BCUT2D eigenvalue weighted by Gasteiger charge is 2.66. The van der Waals surface area contributed by atoms with Gasteiger partial charge in [-0.25, -0.2) is 0 Å². The van der Waals surface area contributed by atoms with E-state index in [1.807, 2.05) is 60.7 Å². The minimum Gasteiger partial charge on any atom is -0.497 e. The van der Waals surface area contributed by atoms with Crippen LogP contribution in [0, 0.1) is 5.92 Å². The Morgan fingerprint density at radius 3 is 1.99 bits per heavy atom. The van der Waals surface area contributed by atoms with Crippen LogP contribution in [0.25, 0.3) is 0 Å². The summed E-state index contributed by atoms with van der Waals surface area (Å²) in [5, 5.41) is 17.7. The Labute approximate surface area is 397 Å². The Bertz CT molecular complexity index is 2870. The molecular weight excluding hydrogens is 873 g/mol. The van der Waals surface area contributed by atoms with Gasteiger partial charge in [0.15, 0.2) is 5.60 Å². The molecule has 6 aromatic carbocycles. The van der Waals surface area contributed by atoms with Gasteiger partial charge in [0, 0.05) is 51.9 Å². The lowest BCUT2D eigenvalue weighted by atomic mass is 9.82. The molecule has 348 valence electrons. The van der Waals surface area contributed by atoms with Crippen LogP contribution in [0.1, 0.15) is 56.3 Å². The van der Waals surface area contributed by atoms with Crippen molar-refractivity contribution < 1.29 is 33.8 Å². The van der Waals surface area contributed by atoms with E-state index < -0.39 is 31.7 Å². The highest BCUT2D eigenvalue weighted by atomic mass is 28.3. The van der Waals surface area contributed by atoms with E-state index in [0.29, 0.717) is 58.1 Å². The molecule has 5 atom stereocenters. The first-order chi connectivity index (χ1) is 32.7. The second kappa shape index (κ2) is 18.4. The van der Waals surface area contributed by atoms with E-state index >= 15 is 4.79 Å². The summed E-state index contributed by atoms with van der Waals surface area (Å²) in [6.07, 6.45) is -0.185. The molecule has 68 heavy (non-hydrogen) atoms. The Hall–Kier alpha value is -7.26. The Kier molecular flexibility index (Phi) is 12.4. The first-order valence-corrected chi connectivity index (χ1v) is 26.0. The van der Waals surface area contributed by atoms with Crippen molar-refractivity contribution in [2.75, 3.05) is 40.7 Å². The molecule has 6 aromatic rings. The number of hydrogen-bond donors (Lipinski definition) is 5. The van der Waals surface area contributed by atoms with E-state index in [-0.39, 0.29) is 48.7 Å². The van der Waals surface area contributed by atoms with Gasteiger partial charge in [-0.1, -0.05) is 73.7 Å². The number of methoxy groups -OCH3 is 1. The number of carbonyl (C=O) groups excluding carboxylic acids is 4. The van der Waals surface area contributed by atoms with Crippen molar-refractivity contribution in [2.24, 2.45) is 5.92 Å². The van der Waals surface area contributed by atoms with Crippen molar-refractivity contribution in [1.29, 1.82) is 0 Å². The molecule has 1 fully saturated rings. The lowest BCUT2D eigenvalue weighted by Gasteiger charge is -2.39. The van der Waals surface area contributed by atoms with Crippen molar-refractivity contribution >= 4 is 65.3 Å². The van der Waals surface area contributed by atoms with Crippen molar-refractivity contribution in [1.82, 2.24) is 4.90 Å². The van der Waals surface area contributed by atoms with E-state index in [0.717, 1.165) is 27.6 Å². The zero-order valence-electron chi connectivity index (χ0n) is 38.6. The fourth-order valence-electron chi connectivity index (χ4n) is 10.6. The fourth-order valence-corrected chi connectivity index (χ4v) is 14.6. The fraction of sp³-hybridized carbons (Fsp3) is 0.259. The van der Waals surface area contributed by atoms with Gasteiger partial charge in [-0.05, 0) is 120 Å². The number of nitrogens with zero attached hydrogens (tertiary/aromatic N) is 2. The minimum absolute atomic E-state index is 0.0122. The molecule has 3 heterocycles. The van der Waals surface area contributed by atoms with Gasteiger partial charge in [-0.2, -0.15) is 0 Å². The standard InChI is InChI=1S/C54H56N6O7Si/c1-33-50(68(3,4)45-24-22-44(66-2)23-25-45)48(29-49(62)59-31-38-8-6-5-7-37(38)27-43(59)32-61)67-54(33)46-28-42(58-52(64)36-13-17-40(56)18-14-36)21-26-47(46)60(53(54)65)30-34-9-19-41(20-10-34)57-51(63)35-11-15-39(55)16-12-35/h5-26,28,33,43,48,50,61H,27,29-32,55-56H2,1-4H3,(H,57,63)(H,58,64)/t33-,43+,48+,50-,54+/m1/s1. The van der Waals surface area contributed by atoms with E-state index in [4.69, 9.17) is 20.9 Å². The third-order valence-corrected chi connectivity index (χ3v) is 18.6. The Balaban J connectivity index is 1.10. The van der Waals surface area contributed by atoms with Crippen molar-refractivity contribution in [2.45, 2.75) is 69.2 Å². The van der Waals surface area contributed by atoms with Crippen LogP contribution in [0.15, 0.2) is 140 Å². The molecule has 0 aromatic heterocycles. The second-order valence-corrected chi connectivity index (χ2v) is 23.4. The van der Waals surface area contributed by atoms with Crippen LogP contribution < -0.4 is 36.9 Å². The third kappa shape index (κ3) is 8.50. The van der Waals surface area contributed by atoms with Crippen LogP contribution in [-0.4, -0.2) is 67.6 Å². The smallest absolute Gasteiger partial charge is 0.264 e. The zero-order chi connectivity index (χ0) is 47.9. The molecule has 1 saturated heterocycles. The molecule has 0 radical (unpaired) electrons. The zero-order valence-corrected chi connectivity index (χ0v) is 39.6. The maximum Gasteiger partial charge on any atom is 0.264 e. The molecule has 7 N–H and O–H groups in total. The van der Waals surface area contributed by atoms with Crippen LogP contribution in [0.3, 0.4) is 0 Å². The molecular formula is C54H56N6O7Si. The van der Waals surface area contributed by atoms with Crippen LogP contribution in [0.4, 0.5) is 28.4 Å². The van der Waals surface area contributed by atoms with Gasteiger partial charge >= 0.3 is 0 Å². The number of rotatable bonds is 12. The minimum atomic E-state index is -2.68. The molecule has 1 spiro atoms. The number of hydrogen-bond acceptors (Lipinski definition) is 9. The summed E-state index contributed by atoms with van der Waals surface area (Å²) in [6.45, 7) is 6.92. The predicted octanol–water partition coefficient (Wildman–Crippen LogP) is 7.46. The molecule has 9 rings (SSSR count). The maximum absolute atomic E-state index is 15.7. The first-order valence-electron chi connectivity index (χ1n) is 22.9. The van der Waals surface area contributed by atoms with E-state index in [1.54, 1.807) is 83.6 Å². The van der Waals surface area contributed by atoms with Crippen molar-refractivity contribution in [3.63, 3.8) is 0 Å². The number of ether oxygens (including phenoxy) is 2. The van der Waals surface area contributed by atoms with Crippen LogP contribution in [0.5, 0.6) is 5.75 Å². The summed E-state index contributed by atoms with van der Waals surface area (Å²) in [5.41, 5.74) is 17.1. The number of amides is 4. The number of carbonyl (C=O) groups is 4. The van der Waals surface area contributed by atoms with Crippen LogP contribution in [-0.2, 0) is 39.4 Å². The normalized spacial score (nSPS) is 20.8. The largest absolute Gasteiger partial charge is 0.497 e. The average Bonchev–Trinajstić information content (AvgIpc) is 3.77. The number of nitrogens with one attached hydrogen (secondary N) is 2. The lowest BCUT2D eigenvalue weighted by Crippen LogP contribution is -2.52. The number of aliphatic hydroxyl groups excluding tert-OH is 1. The third-order valence-electron chi connectivity index (χ3n) is 14.3. The number of aliphatic hydroxyl groups is 1. The van der Waals surface area contributed by atoms with Gasteiger partial charge in [0.1, 0.15) is 5.75 Å². The highest BCUT2D eigenvalue weighted by molar-refractivity contribution is 6.91. The van der Waals surface area contributed by atoms with E-state index in [9.17, 15) is 19.5 Å². The Morgan fingerprint density at radius 1 is 0.794 bits per heavy atom. The number of fused-ring (bicyclic) bond motifs is 3. The highest BCUT2D eigenvalue weighted by Crippen LogP contribution is 2.60. The summed E-state index contributed by atoms with van der Waals surface area (Å²) in [4.78, 5) is 60.8. The summed E-state index contributed by atoms with van der Waals surface area (Å²) >= 11 is 0.